The number of hydrogen-bond donors (Lipinski definition) is 2. The SMILES string of the molecule is COCCCNC(=O)C1CCC(C(=O)NCCc2ccc(F)cc2)CC1. The van der Waals surface area contributed by atoms with Crippen molar-refractivity contribution in [1.82, 2.24) is 10.6 Å². The van der Waals surface area contributed by atoms with E-state index in [1.807, 2.05) is 0 Å². The van der Waals surface area contributed by atoms with E-state index in [4.69, 9.17) is 4.74 Å². The molecule has 0 radical (unpaired) electrons. The molecule has 0 unspecified atom stereocenters. The molecule has 0 heterocycles. The van der Waals surface area contributed by atoms with Gasteiger partial charge in [0, 0.05) is 38.6 Å². The molecule has 2 rings (SSSR count). The number of hydrogen-bond acceptors (Lipinski definition) is 3. The molecular formula is C20H29FN2O3. The maximum Gasteiger partial charge on any atom is 0.223 e. The van der Waals surface area contributed by atoms with Crippen LogP contribution in [0, 0.1) is 17.7 Å². The van der Waals surface area contributed by atoms with Crippen molar-refractivity contribution in [3.8, 4) is 0 Å². The summed E-state index contributed by atoms with van der Waals surface area (Å²) in [5, 5.41) is 5.90. The molecule has 1 aliphatic carbocycles. The molecule has 1 aromatic rings. The lowest BCUT2D eigenvalue weighted by Gasteiger charge is -2.27. The third-order valence-corrected chi connectivity index (χ3v) is 4.92. The van der Waals surface area contributed by atoms with E-state index in [-0.39, 0.29) is 29.5 Å². The van der Waals surface area contributed by atoms with Gasteiger partial charge in [0.05, 0.1) is 0 Å². The summed E-state index contributed by atoms with van der Waals surface area (Å²) in [6, 6.07) is 6.33. The minimum atomic E-state index is -0.253. The number of methoxy groups -OCH3 is 1. The fourth-order valence-electron chi connectivity index (χ4n) is 3.32. The zero-order valence-electron chi connectivity index (χ0n) is 15.4. The summed E-state index contributed by atoms with van der Waals surface area (Å²) < 4.78 is 17.8. The molecule has 0 atom stereocenters. The van der Waals surface area contributed by atoms with Crippen molar-refractivity contribution >= 4 is 11.8 Å². The van der Waals surface area contributed by atoms with Crippen molar-refractivity contribution < 1.29 is 18.7 Å². The molecule has 26 heavy (non-hydrogen) atoms. The first-order valence-electron chi connectivity index (χ1n) is 9.39. The lowest BCUT2D eigenvalue weighted by atomic mass is 9.81. The fourth-order valence-corrected chi connectivity index (χ4v) is 3.32. The number of rotatable bonds is 9. The highest BCUT2D eigenvalue weighted by molar-refractivity contribution is 5.81. The summed E-state index contributed by atoms with van der Waals surface area (Å²) in [5.41, 5.74) is 1.00. The van der Waals surface area contributed by atoms with E-state index in [0.717, 1.165) is 37.7 Å². The van der Waals surface area contributed by atoms with Gasteiger partial charge >= 0.3 is 0 Å². The predicted molar refractivity (Wildman–Crippen MR) is 98.1 cm³/mol. The van der Waals surface area contributed by atoms with Crippen LogP contribution in [0.25, 0.3) is 0 Å². The molecule has 0 aliphatic heterocycles. The van der Waals surface area contributed by atoms with Gasteiger partial charge in [0.25, 0.3) is 0 Å². The summed E-state index contributed by atoms with van der Waals surface area (Å²) in [5.74, 6) is -0.0961. The Morgan fingerprint density at radius 1 is 1.00 bits per heavy atom. The molecule has 0 aromatic heterocycles. The Hall–Kier alpha value is -1.95. The quantitative estimate of drug-likeness (QED) is 0.662. The van der Waals surface area contributed by atoms with E-state index in [9.17, 15) is 14.0 Å². The number of carbonyl (C=O) groups excluding carboxylic acids is 2. The number of carbonyl (C=O) groups is 2. The summed E-state index contributed by atoms with van der Waals surface area (Å²) in [4.78, 5) is 24.4. The molecule has 0 spiro atoms. The second kappa shape index (κ2) is 10.9. The van der Waals surface area contributed by atoms with Gasteiger partial charge in [-0.3, -0.25) is 9.59 Å². The average molecular weight is 364 g/mol. The zero-order valence-corrected chi connectivity index (χ0v) is 15.4. The Bertz CT molecular complexity index is 569. The highest BCUT2D eigenvalue weighted by atomic mass is 19.1. The topological polar surface area (TPSA) is 67.4 Å². The van der Waals surface area contributed by atoms with Crippen LogP contribution in [-0.4, -0.2) is 38.6 Å². The van der Waals surface area contributed by atoms with Gasteiger partial charge in [0.2, 0.25) is 11.8 Å². The lowest BCUT2D eigenvalue weighted by molar-refractivity contribution is -0.130. The third kappa shape index (κ3) is 6.75. The number of benzene rings is 1. The summed E-state index contributed by atoms with van der Waals surface area (Å²) >= 11 is 0. The predicted octanol–water partition coefficient (Wildman–Crippen LogP) is 2.44. The van der Waals surface area contributed by atoms with Gasteiger partial charge in [0.1, 0.15) is 5.82 Å². The van der Waals surface area contributed by atoms with Crippen molar-refractivity contribution in [2.24, 2.45) is 11.8 Å². The van der Waals surface area contributed by atoms with Crippen LogP contribution in [0.4, 0.5) is 4.39 Å². The van der Waals surface area contributed by atoms with E-state index < -0.39 is 0 Å². The lowest BCUT2D eigenvalue weighted by Crippen LogP contribution is -2.38. The molecular weight excluding hydrogens is 335 g/mol. The van der Waals surface area contributed by atoms with Gasteiger partial charge in [-0.05, 0) is 56.2 Å². The Morgan fingerprint density at radius 2 is 1.54 bits per heavy atom. The third-order valence-electron chi connectivity index (χ3n) is 4.92. The molecule has 0 bridgehead atoms. The maximum absolute atomic E-state index is 12.9. The number of ether oxygens (including phenoxy) is 1. The zero-order chi connectivity index (χ0) is 18.8. The van der Waals surface area contributed by atoms with Crippen LogP contribution in [0.3, 0.4) is 0 Å². The fraction of sp³-hybridized carbons (Fsp3) is 0.600. The Kier molecular flexibility index (Phi) is 8.54. The summed E-state index contributed by atoms with van der Waals surface area (Å²) in [6.07, 6.45) is 4.51. The molecule has 1 aromatic carbocycles. The van der Waals surface area contributed by atoms with Crippen LogP contribution in [-0.2, 0) is 20.7 Å². The normalized spacial score (nSPS) is 19.8. The monoisotopic (exact) mass is 364 g/mol. The first-order chi connectivity index (χ1) is 12.6. The summed E-state index contributed by atoms with van der Waals surface area (Å²) in [6.45, 7) is 1.83. The molecule has 2 amide bonds. The van der Waals surface area contributed by atoms with Gasteiger partial charge in [-0.2, -0.15) is 0 Å². The van der Waals surface area contributed by atoms with Crippen molar-refractivity contribution in [3.63, 3.8) is 0 Å². The molecule has 1 saturated carbocycles. The molecule has 1 fully saturated rings. The highest BCUT2D eigenvalue weighted by Crippen LogP contribution is 2.29. The van der Waals surface area contributed by atoms with E-state index in [2.05, 4.69) is 10.6 Å². The Labute approximate surface area is 154 Å². The first kappa shape index (κ1) is 20.4. The largest absolute Gasteiger partial charge is 0.385 e. The molecule has 0 saturated heterocycles. The van der Waals surface area contributed by atoms with E-state index >= 15 is 0 Å². The van der Waals surface area contributed by atoms with Crippen LogP contribution in [0.15, 0.2) is 24.3 Å². The standard InChI is InChI=1S/C20H29FN2O3/c1-26-14-2-12-22-19(24)16-5-7-17(8-6-16)20(25)23-13-11-15-3-9-18(21)10-4-15/h3-4,9-10,16-17H,2,5-8,11-14H2,1H3,(H,22,24)(H,23,25). The van der Waals surface area contributed by atoms with Gasteiger partial charge < -0.3 is 15.4 Å². The van der Waals surface area contributed by atoms with Crippen molar-refractivity contribution in [1.29, 1.82) is 0 Å². The van der Waals surface area contributed by atoms with Gasteiger partial charge in [-0.25, -0.2) is 4.39 Å². The molecule has 2 N–H and O–H groups in total. The minimum absolute atomic E-state index is 0.0132. The van der Waals surface area contributed by atoms with Crippen molar-refractivity contribution in [2.75, 3.05) is 26.8 Å². The second-order valence-corrected chi connectivity index (χ2v) is 6.85. The Balaban J connectivity index is 1.63. The second-order valence-electron chi connectivity index (χ2n) is 6.85. The van der Waals surface area contributed by atoms with E-state index in [1.165, 1.54) is 12.1 Å². The molecule has 1 aliphatic rings. The van der Waals surface area contributed by atoms with Crippen molar-refractivity contribution in [3.05, 3.63) is 35.6 Å². The summed E-state index contributed by atoms with van der Waals surface area (Å²) in [7, 11) is 1.65. The van der Waals surface area contributed by atoms with E-state index in [1.54, 1.807) is 19.2 Å². The van der Waals surface area contributed by atoms with Gasteiger partial charge in [-0.15, -0.1) is 0 Å². The molecule has 6 heteroatoms. The van der Waals surface area contributed by atoms with Crippen LogP contribution in [0.2, 0.25) is 0 Å². The van der Waals surface area contributed by atoms with E-state index in [0.29, 0.717) is 26.1 Å². The molecule has 144 valence electrons. The van der Waals surface area contributed by atoms with Crippen LogP contribution < -0.4 is 10.6 Å². The van der Waals surface area contributed by atoms with Gasteiger partial charge in [0.15, 0.2) is 0 Å². The first-order valence-corrected chi connectivity index (χ1v) is 9.39. The number of nitrogens with one attached hydrogen (secondary N) is 2. The van der Waals surface area contributed by atoms with Crippen LogP contribution in [0.5, 0.6) is 0 Å². The maximum atomic E-state index is 12.9. The van der Waals surface area contributed by atoms with Gasteiger partial charge in [-0.1, -0.05) is 12.1 Å². The smallest absolute Gasteiger partial charge is 0.223 e. The van der Waals surface area contributed by atoms with Crippen LogP contribution in [0.1, 0.15) is 37.7 Å². The van der Waals surface area contributed by atoms with Crippen LogP contribution >= 0.6 is 0 Å². The average Bonchev–Trinajstić information content (AvgIpc) is 2.66. The Morgan fingerprint density at radius 3 is 2.08 bits per heavy atom. The van der Waals surface area contributed by atoms with Crippen molar-refractivity contribution in [2.45, 2.75) is 38.5 Å². The highest BCUT2D eigenvalue weighted by Gasteiger charge is 2.29. The number of amides is 2. The number of halogens is 1. The minimum Gasteiger partial charge on any atom is -0.385 e. The molecule has 5 nitrogen and oxygen atoms in total.